The number of para-hydroxylation sites is 1. The quantitative estimate of drug-likeness (QED) is 0.530. The van der Waals surface area contributed by atoms with Crippen molar-refractivity contribution in [3.63, 3.8) is 0 Å². The van der Waals surface area contributed by atoms with Crippen LogP contribution in [-0.4, -0.2) is 15.4 Å². The fraction of sp³-hybridized carbons (Fsp3) is 0. The fourth-order valence-corrected chi connectivity index (χ4v) is 2.16. The number of aromatic nitrogens is 2. The van der Waals surface area contributed by atoms with E-state index in [-0.39, 0.29) is 5.84 Å². The molecule has 0 aliphatic carbocycles. The molecule has 0 spiro atoms. The van der Waals surface area contributed by atoms with Crippen LogP contribution in [0.4, 0.5) is 0 Å². The molecule has 4 heteroatoms. The molecule has 0 atom stereocenters. The number of pyridine rings is 1. The van der Waals surface area contributed by atoms with Crippen LogP contribution in [0.15, 0.2) is 48.8 Å². The summed E-state index contributed by atoms with van der Waals surface area (Å²) in [6.45, 7) is 0. The van der Waals surface area contributed by atoms with Crippen LogP contribution < -0.4 is 5.73 Å². The largest absolute Gasteiger partial charge is 0.384 e. The molecule has 0 saturated heterocycles. The standard InChI is InChI=1S/C14H12N4/c15-14(16)6-8-18-12-4-2-1-3-10(12)11-5-7-17-9-13(11)18/h1-9H,(H3,15,16)/b8-6+. The molecule has 0 aliphatic rings. The average Bonchev–Trinajstić information content (AvgIpc) is 2.71. The van der Waals surface area contributed by atoms with Crippen LogP contribution in [0.5, 0.6) is 0 Å². The maximum Gasteiger partial charge on any atom is 0.116 e. The summed E-state index contributed by atoms with van der Waals surface area (Å²) in [5.41, 5.74) is 7.46. The van der Waals surface area contributed by atoms with Gasteiger partial charge in [0.05, 0.1) is 17.2 Å². The van der Waals surface area contributed by atoms with Crippen molar-refractivity contribution in [3.05, 3.63) is 48.8 Å². The summed E-state index contributed by atoms with van der Waals surface area (Å²) in [5, 5.41) is 9.59. The van der Waals surface area contributed by atoms with Crippen molar-refractivity contribution in [1.29, 1.82) is 5.41 Å². The predicted molar refractivity (Wildman–Crippen MR) is 74.5 cm³/mol. The summed E-state index contributed by atoms with van der Waals surface area (Å²) in [7, 11) is 0. The second kappa shape index (κ2) is 4.00. The van der Waals surface area contributed by atoms with Crippen molar-refractivity contribution in [2.24, 2.45) is 5.73 Å². The van der Waals surface area contributed by atoms with Crippen LogP contribution in [-0.2, 0) is 0 Å². The summed E-state index contributed by atoms with van der Waals surface area (Å²) in [5.74, 6) is 0.0322. The van der Waals surface area contributed by atoms with Crippen LogP contribution in [0.25, 0.3) is 28.0 Å². The van der Waals surface area contributed by atoms with E-state index in [1.54, 1.807) is 18.5 Å². The Labute approximate surface area is 104 Å². The molecule has 1 aromatic carbocycles. The first-order valence-electron chi connectivity index (χ1n) is 5.62. The van der Waals surface area contributed by atoms with E-state index in [4.69, 9.17) is 11.1 Å². The van der Waals surface area contributed by atoms with Crippen molar-refractivity contribution >= 4 is 33.8 Å². The Balaban J connectivity index is 2.41. The highest BCUT2D eigenvalue weighted by Crippen LogP contribution is 2.28. The van der Waals surface area contributed by atoms with Crippen molar-refractivity contribution in [1.82, 2.24) is 9.55 Å². The summed E-state index contributed by atoms with van der Waals surface area (Å²) < 4.78 is 2.00. The summed E-state index contributed by atoms with van der Waals surface area (Å²) >= 11 is 0. The van der Waals surface area contributed by atoms with E-state index in [9.17, 15) is 0 Å². The summed E-state index contributed by atoms with van der Waals surface area (Å²) in [6, 6.07) is 10.1. The highest BCUT2D eigenvalue weighted by Gasteiger charge is 2.07. The van der Waals surface area contributed by atoms with Gasteiger partial charge in [-0.1, -0.05) is 18.2 Å². The van der Waals surface area contributed by atoms with Gasteiger partial charge in [-0.3, -0.25) is 10.4 Å². The number of nitrogens with zero attached hydrogens (tertiary/aromatic N) is 2. The summed E-state index contributed by atoms with van der Waals surface area (Å²) in [6.07, 6.45) is 6.97. The molecular formula is C14H12N4. The molecule has 0 aliphatic heterocycles. The SMILES string of the molecule is N=C(N)/C=C/n1c2ccccc2c2ccncc21. The molecule has 0 bridgehead atoms. The minimum Gasteiger partial charge on any atom is -0.384 e. The zero-order chi connectivity index (χ0) is 12.5. The van der Waals surface area contributed by atoms with Gasteiger partial charge in [0, 0.05) is 23.2 Å². The van der Waals surface area contributed by atoms with Crippen LogP contribution in [0.1, 0.15) is 0 Å². The predicted octanol–water partition coefficient (Wildman–Crippen LogP) is 2.60. The van der Waals surface area contributed by atoms with Crippen LogP contribution in [0.2, 0.25) is 0 Å². The molecule has 18 heavy (non-hydrogen) atoms. The topological polar surface area (TPSA) is 67.7 Å². The maximum atomic E-state index is 7.27. The van der Waals surface area contributed by atoms with E-state index >= 15 is 0 Å². The second-order valence-corrected chi connectivity index (χ2v) is 4.05. The van der Waals surface area contributed by atoms with Gasteiger partial charge in [0.25, 0.3) is 0 Å². The van der Waals surface area contributed by atoms with E-state index in [2.05, 4.69) is 11.1 Å². The molecule has 2 aromatic heterocycles. The molecule has 3 aromatic rings. The molecule has 0 saturated carbocycles. The molecule has 0 amide bonds. The number of nitrogens with one attached hydrogen (secondary N) is 1. The van der Waals surface area contributed by atoms with Gasteiger partial charge < -0.3 is 10.3 Å². The third kappa shape index (κ3) is 1.55. The molecular weight excluding hydrogens is 224 g/mol. The second-order valence-electron chi connectivity index (χ2n) is 4.05. The van der Waals surface area contributed by atoms with Gasteiger partial charge in [-0.2, -0.15) is 0 Å². The number of fused-ring (bicyclic) bond motifs is 3. The van der Waals surface area contributed by atoms with E-state index < -0.39 is 0 Å². The first-order chi connectivity index (χ1) is 8.77. The number of nitrogens with two attached hydrogens (primary N) is 1. The minimum atomic E-state index is 0.0322. The molecule has 3 rings (SSSR count). The van der Waals surface area contributed by atoms with Gasteiger partial charge in [0.15, 0.2) is 0 Å². The zero-order valence-corrected chi connectivity index (χ0v) is 9.67. The first kappa shape index (κ1) is 10.5. The molecule has 2 heterocycles. The molecule has 88 valence electrons. The maximum absolute atomic E-state index is 7.27. The van der Waals surface area contributed by atoms with Crippen molar-refractivity contribution < 1.29 is 0 Å². The van der Waals surface area contributed by atoms with Gasteiger partial charge in [0.2, 0.25) is 0 Å². The molecule has 0 radical (unpaired) electrons. The molecule has 0 fully saturated rings. The Hall–Kier alpha value is -2.62. The number of benzene rings is 1. The molecule has 4 nitrogen and oxygen atoms in total. The number of hydrogen-bond donors (Lipinski definition) is 2. The van der Waals surface area contributed by atoms with Crippen LogP contribution in [0, 0.1) is 5.41 Å². The highest BCUT2D eigenvalue weighted by molar-refractivity contribution is 6.09. The van der Waals surface area contributed by atoms with Gasteiger partial charge in [0.1, 0.15) is 5.84 Å². The highest BCUT2D eigenvalue weighted by atomic mass is 15.0. The van der Waals surface area contributed by atoms with Crippen LogP contribution >= 0.6 is 0 Å². The zero-order valence-electron chi connectivity index (χ0n) is 9.67. The summed E-state index contributed by atoms with van der Waals surface area (Å²) in [4.78, 5) is 4.16. The lowest BCUT2D eigenvalue weighted by atomic mass is 10.2. The monoisotopic (exact) mass is 236 g/mol. The third-order valence-corrected chi connectivity index (χ3v) is 2.92. The molecule has 0 unspecified atom stereocenters. The molecule has 3 N–H and O–H groups in total. The van der Waals surface area contributed by atoms with Gasteiger partial charge in [-0.25, -0.2) is 0 Å². The number of amidine groups is 1. The third-order valence-electron chi connectivity index (χ3n) is 2.92. The van der Waals surface area contributed by atoms with E-state index in [1.807, 2.05) is 35.0 Å². The number of rotatable bonds is 2. The average molecular weight is 236 g/mol. The first-order valence-corrected chi connectivity index (χ1v) is 5.62. The fourth-order valence-electron chi connectivity index (χ4n) is 2.16. The minimum absolute atomic E-state index is 0.0322. The van der Waals surface area contributed by atoms with E-state index in [0.717, 1.165) is 16.4 Å². The normalized spacial score (nSPS) is 11.6. The Morgan fingerprint density at radius 3 is 2.78 bits per heavy atom. The Kier molecular flexibility index (Phi) is 2.34. The van der Waals surface area contributed by atoms with Crippen molar-refractivity contribution in [3.8, 4) is 0 Å². The lowest BCUT2D eigenvalue weighted by molar-refractivity contribution is 1.25. The Bertz CT molecular complexity index is 714. The lowest BCUT2D eigenvalue weighted by Gasteiger charge is -1.99. The Morgan fingerprint density at radius 2 is 1.94 bits per heavy atom. The van der Waals surface area contributed by atoms with Crippen molar-refractivity contribution in [2.45, 2.75) is 0 Å². The van der Waals surface area contributed by atoms with E-state index in [1.165, 1.54) is 5.39 Å². The van der Waals surface area contributed by atoms with E-state index in [0.29, 0.717) is 0 Å². The van der Waals surface area contributed by atoms with Crippen molar-refractivity contribution in [2.75, 3.05) is 0 Å². The van der Waals surface area contributed by atoms with Gasteiger partial charge in [-0.05, 0) is 18.2 Å². The van der Waals surface area contributed by atoms with Gasteiger partial charge >= 0.3 is 0 Å². The number of hydrogen-bond acceptors (Lipinski definition) is 2. The Morgan fingerprint density at radius 1 is 1.17 bits per heavy atom. The van der Waals surface area contributed by atoms with Gasteiger partial charge in [-0.15, -0.1) is 0 Å². The lowest BCUT2D eigenvalue weighted by Crippen LogP contribution is -2.04. The smallest absolute Gasteiger partial charge is 0.116 e. The van der Waals surface area contributed by atoms with Crippen LogP contribution in [0.3, 0.4) is 0 Å².